The quantitative estimate of drug-likeness (QED) is 0.256. The van der Waals surface area contributed by atoms with Gasteiger partial charge in [-0.3, -0.25) is 4.79 Å². The van der Waals surface area contributed by atoms with E-state index in [0.717, 1.165) is 25.1 Å². The highest BCUT2D eigenvalue weighted by Gasteiger charge is 2.03. The summed E-state index contributed by atoms with van der Waals surface area (Å²) in [5.74, 6) is 1.38. The first-order valence-corrected chi connectivity index (χ1v) is 8.70. The van der Waals surface area contributed by atoms with Gasteiger partial charge in [-0.25, -0.2) is 9.13 Å². The third kappa shape index (κ3) is 5.21. The van der Waals surface area contributed by atoms with E-state index < -0.39 is 0 Å². The molecule has 3 rings (SSSR count). The summed E-state index contributed by atoms with van der Waals surface area (Å²) in [7, 11) is 2.01. The van der Waals surface area contributed by atoms with E-state index in [9.17, 15) is 4.79 Å². The van der Waals surface area contributed by atoms with Crippen LogP contribution in [0.3, 0.4) is 0 Å². The molecule has 2 heterocycles. The van der Waals surface area contributed by atoms with Crippen molar-refractivity contribution in [1.29, 1.82) is 0 Å². The van der Waals surface area contributed by atoms with Gasteiger partial charge in [0.2, 0.25) is 6.33 Å². The van der Waals surface area contributed by atoms with Gasteiger partial charge in [0.05, 0.1) is 26.5 Å². The number of furan rings is 1. The molecule has 0 saturated carbocycles. The van der Waals surface area contributed by atoms with Crippen LogP contribution in [-0.4, -0.2) is 17.0 Å². The number of allylic oxidation sites excluding steroid dienone is 1. The molecular weight excluding hydrogens is 328 g/mol. The zero-order chi connectivity index (χ0) is 18.2. The van der Waals surface area contributed by atoms with Crippen LogP contribution in [0.2, 0.25) is 0 Å². The number of ether oxygens (including phenoxy) is 1. The van der Waals surface area contributed by atoms with Gasteiger partial charge in [0.1, 0.15) is 23.9 Å². The van der Waals surface area contributed by atoms with E-state index in [2.05, 4.69) is 17.1 Å². The molecule has 0 aliphatic rings. The van der Waals surface area contributed by atoms with E-state index in [0.29, 0.717) is 17.9 Å². The van der Waals surface area contributed by atoms with Gasteiger partial charge in [-0.2, -0.15) is 0 Å². The number of benzene rings is 1. The number of carbonyl (C=O) groups is 1. The largest absolute Gasteiger partial charge is 0.494 e. The molecule has 0 amide bonds. The second-order valence-corrected chi connectivity index (χ2v) is 6.11. The lowest BCUT2D eigenvalue weighted by Gasteiger charge is -2.06. The Labute approximate surface area is 153 Å². The fourth-order valence-electron chi connectivity index (χ4n) is 2.58. The Bertz CT molecular complexity index is 846. The predicted molar refractivity (Wildman–Crippen MR) is 98.9 cm³/mol. The first kappa shape index (κ1) is 17.7. The average molecular weight is 351 g/mol. The molecule has 0 aliphatic carbocycles. The minimum atomic E-state index is -0.0622. The highest BCUT2D eigenvalue weighted by molar-refractivity contribution is 6.06. The average Bonchev–Trinajstić information content (AvgIpc) is 3.31. The first-order chi connectivity index (χ1) is 12.7. The van der Waals surface area contributed by atoms with Gasteiger partial charge in [0, 0.05) is 5.56 Å². The van der Waals surface area contributed by atoms with Crippen molar-refractivity contribution in [1.82, 2.24) is 4.57 Å². The van der Waals surface area contributed by atoms with E-state index in [4.69, 9.17) is 9.15 Å². The SMILES string of the molecule is C[n+]1ccn(CCCCOc2ccc(C(=O)/C=C/c3ccco3)cc2)c1. The van der Waals surface area contributed by atoms with Crippen LogP contribution < -0.4 is 9.30 Å². The molecule has 0 aliphatic heterocycles. The molecule has 0 N–H and O–H groups in total. The number of rotatable bonds is 9. The van der Waals surface area contributed by atoms with Crippen LogP contribution >= 0.6 is 0 Å². The fourth-order valence-corrected chi connectivity index (χ4v) is 2.58. The molecule has 0 radical (unpaired) electrons. The number of ketones is 1. The summed E-state index contributed by atoms with van der Waals surface area (Å²) in [4.78, 5) is 12.1. The molecule has 0 bridgehead atoms. The molecule has 0 spiro atoms. The first-order valence-electron chi connectivity index (χ1n) is 8.70. The topological polar surface area (TPSA) is 48.2 Å². The van der Waals surface area contributed by atoms with Crippen LogP contribution in [0.4, 0.5) is 0 Å². The summed E-state index contributed by atoms with van der Waals surface area (Å²) in [6, 6.07) is 10.8. The maximum atomic E-state index is 12.1. The Morgan fingerprint density at radius 3 is 2.77 bits per heavy atom. The van der Waals surface area contributed by atoms with Gasteiger partial charge in [-0.1, -0.05) is 0 Å². The summed E-state index contributed by atoms with van der Waals surface area (Å²) >= 11 is 0. The van der Waals surface area contributed by atoms with Crippen LogP contribution in [-0.2, 0) is 13.6 Å². The second-order valence-electron chi connectivity index (χ2n) is 6.11. The highest BCUT2D eigenvalue weighted by Crippen LogP contribution is 2.14. The number of nitrogens with zero attached hydrogens (tertiary/aromatic N) is 2. The van der Waals surface area contributed by atoms with E-state index in [1.807, 2.05) is 29.9 Å². The Morgan fingerprint density at radius 1 is 1.23 bits per heavy atom. The number of hydrogen-bond acceptors (Lipinski definition) is 3. The molecular formula is C21H23N2O3+. The van der Waals surface area contributed by atoms with Crippen molar-refractivity contribution >= 4 is 11.9 Å². The van der Waals surface area contributed by atoms with Crippen molar-refractivity contribution in [2.24, 2.45) is 7.05 Å². The van der Waals surface area contributed by atoms with Gasteiger partial charge in [0.15, 0.2) is 5.78 Å². The van der Waals surface area contributed by atoms with Crippen LogP contribution in [0.1, 0.15) is 29.0 Å². The van der Waals surface area contributed by atoms with Crippen molar-refractivity contribution in [3.63, 3.8) is 0 Å². The van der Waals surface area contributed by atoms with Crippen molar-refractivity contribution < 1.29 is 18.5 Å². The van der Waals surface area contributed by atoms with Gasteiger partial charge >= 0.3 is 0 Å². The molecule has 1 aromatic carbocycles. The number of aromatic nitrogens is 2. The van der Waals surface area contributed by atoms with Crippen LogP contribution in [0.15, 0.2) is 71.9 Å². The monoisotopic (exact) mass is 351 g/mol. The number of aryl methyl sites for hydroxylation is 2. The Kier molecular flexibility index (Phi) is 6.04. The Morgan fingerprint density at radius 2 is 2.08 bits per heavy atom. The molecule has 3 aromatic rings. The van der Waals surface area contributed by atoms with E-state index >= 15 is 0 Å². The number of imidazole rings is 1. The van der Waals surface area contributed by atoms with Crippen molar-refractivity contribution in [3.8, 4) is 5.75 Å². The van der Waals surface area contributed by atoms with E-state index in [1.54, 1.807) is 36.6 Å². The number of carbonyl (C=O) groups excluding carboxylic acids is 1. The molecule has 2 aromatic heterocycles. The Balaban J connectivity index is 1.40. The normalized spacial score (nSPS) is 11.1. The van der Waals surface area contributed by atoms with Crippen molar-refractivity contribution in [3.05, 3.63) is 78.8 Å². The summed E-state index contributed by atoms with van der Waals surface area (Å²) < 4.78 is 15.1. The Hall–Kier alpha value is -3.08. The number of unbranched alkanes of at least 4 members (excludes halogenated alkanes) is 1. The third-order valence-electron chi connectivity index (χ3n) is 3.98. The molecule has 0 unspecified atom stereocenters. The van der Waals surface area contributed by atoms with Gasteiger partial charge in [-0.15, -0.1) is 0 Å². The zero-order valence-electron chi connectivity index (χ0n) is 14.9. The molecule has 0 saturated heterocycles. The second kappa shape index (κ2) is 8.85. The fraction of sp³-hybridized carbons (Fsp3) is 0.238. The summed E-state index contributed by atoms with van der Waals surface area (Å²) in [6.45, 7) is 1.65. The lowest BCUT2D eigenvalue weighted by Crippen LogP contribution is -2.23. The maximum Gasteiger partial charge on any atom is 0.243 e. The summed E-state index contributed by atoms with van der Waals surface area (Å²) in [6.07, 6.45) is 13.0. The third-order valence-corrected chi connectivity index (χ3v) is 3.98. The predicted octanol–water partition coefficient (Wildman–Crippen LogP) is 3.66. The summed E-state index contributed by atoms with van der Waals surface area (Å²) in [5, 5.41) is 0. The molecule has 26 heavy (non-hydrogen) atoms. The van der Waals surface area contributed by atoms with Crippen LogP contribution in [0, 0.1) is 0 Å². The van der Waals surface area contributed by atoms with E-state index in [-0.39, 0.29) is 5.78 Å². The smallest absolute Gasteiger partial charge is 0.243 e. The molecule has 5 heteroatoms. The lowest BCUT2D eigenvalue weighted by molar-refractivity contribution is -0.671. The maximum absolute atomic E-state index is 12.1. The van der Waals surface area contributed by atoms with Crippen molar-refractivity contribution in [2.75, 3.05) is 6.61 Å². The van der Waals surface area contributed by atoms with Crippen LogP contribution in [0.5, 0.6) is 5.75 Å². The highest BCUT2D eigenvalue weighted by atomic mass is 16.5. The minimum Gasteiger partial charge on any atom is -0.494 e. The van der Waals surface area contributed by atoms with Gasteiger partial charge in [0.25, 0.3) is 0 Å². The molecule has 0 fully saturated rings. The number of hydrogen-bond donors (Lipinski definition) is 0. The molecule has 5 nitrogen and oxygen atoms in total. The van der Waals surface area contributed by atoms with Gasteiger partial charge < -0.3 is 9.15 Å². The van der Waals surface area contributed by atoms with Crippen LogP contribution in [0.25, 0.3) is 6.08 Å². The summed E-state index contributed by atoms with van der Waals surface area (Å²) in [5.41, 5.74) is 0.626. The van der Waals surface area contributed by atoms with Gasteiger partial charge in [-0.05, 0) is 61.4 Å². The lowest BCUT2D eigenvalue weighted by atomic mass is 10.1. The molecule has 134 valence electrons. The zero-order valence-corrected chi connectivity index (χ0v) is 14.9. The standard InChI is InChI=1S/C21H23N2O3/c1-22-13-14-23(17-22)12-2-3-15-25-20-8-6-18(7-9-20)21(24)11-10-19-5-4-16-26-19/h4-11,13-14,16-17H,2-3,12,15H2,1H3/q+1/b11-10+. The van der Waals surface area contributed by atoms with Crippen molar-refractivity contribution in [2.45, 2.75) is 19.4 Å². The molecule has 0 atom stereocenters. The van der Waals surface area contributed by atoms with E-state index in [1.165, 1.54) is 6.08 Å². The minimum absolute atomic E-state index is 0.0622.